The van der Waals surface area contributed by atoms with E-state index >= 15 is 0 Å². The van der Waals surface area contributed by atoms with Crippen molar-refractivity contribution in [2.24, 2.45) is 4.99 Å². The molecule has 148 valence electrons. The molecule has 0 spiro atoms. The number of guanidine groups is 1. The number of rotatable bonds is 3. The van der Waals surface area contributed by atoms with E-state index < -0.39 is 14.6 Å². The summed E-state index contributed by atoms with van der Waals surface area (Å²) >= 11 is 0. The van der Waals surface area contributed by atoms with E-state index in [-0.39, 0.29) is 29.7 Å². The van der Waals surface area contributed by atoms with Crippen LogP contribution in [0, 0.1) is 0 Å². The summed E-state index contributed by atoms with van der Waals surface area (Å²) in [6, 6.07) is 7.98. The molecule has 1 aromatic heterocycles. The Labute approximate surface area is 177 Å². The molecule has 2 heterocycles. The maximum absolute atomic E-state index is 12.2. The van der Waals surface area contributed by atoms with Crippen LogP contribution >= 0.6 is 24.0 Å². The van der Waals surface area contributed by atoms with Gasteiger partial charge in [0.2, 0.25) is 0 Å². The molecule has 1 saturated heterocycles. The van der Waals surface area contributed by atoms with E-state index in [2.05, 4.69) is 20.4 Å². The summed E-state index contributed by atoms with van der Waals surface area (Å²) < 4.78 is 25.3. The molecule has 0 atom stereocenters. The van der Waals surface area contributed by atoms with Crippen molar-refractivity contribution in [1.82, 2.24) is 25.0 Å². The minimum absolute atomic E-state index is 0. The highest BCUT2D eigenvalue weighted by Gasteiger charge is 2.40. The van der Waals surface area contributed by atoms with Gasteiger partial charge < -0.3 is 10.2 Å². The Morgan fingerprint density at radius 3 is 2.78 bits per heavy atom. The highest BCUT2D eigenvalue weighted by Crippen LogP contribution is 2.23. The molecule has 0 bridgehead atoms. The van der Waals surface area contributed by atoms with Crippen LogP contribution in [0.1, 0.15) is 19.4 Å². The first-order valence-corrected chi connectivity index (χ1v) is 10.1. The van der Waals surface area contributed by atoms with E-state index in [0.29, 0.717) is 25.6 Å². The fourth-order valence-electron chi connectivity index (χ4n) is 2.99. The summed E-state index contributed by atoms with van der Waals surface area (Å²) in [5.74, 6) is 0.849. The molecule has 0 radical (unpaired) electrons. The van der Waals surface area contributed by atoms with Crippen molar-refractivity contribution in [3.63, 3.8) is 0 Å². The molecule has 10 heteroatoms. The molecule has 0 amide bonds. The van der Waals surface area contributed by atoms with Crippen LogP contribution in [0.25, 0.3) is 5.69 Å². The lowest BCUT2D eigenvalue weighted by molar-refractivity contribution is 0.353. The quantitative estimate of drug-likeness (QED) is 0.387. The smallest absolute Gasteiger partial charge is 0.193 e. The standard InChI is InChI=1S/C17H24N6O2S.HI/c1-17(2)11-22(7-8-26(17,24)25)16(18-3)20-10-14-5-4-6-15(9-14)23-13-19-12-21-23;/h4-6,9,12-13H,7-8,10-11H2,1-3H3,(H,18,20);1H. The monoisotopic (exact) mass is 504 g/mol. The van der Waals surface area contributed by atoms with Gasteiger partial charge in [-0.05, 0) is 31.5 Å². The fraction of sp³-hybridized carbons (Fsp3) is 0.471. The molecule has 3 rings (SSSR count). The molecular formula is C17H25IN6O2S. The highest BCUT2D eigenvalue weighted by molar-refractivity contribution is 14.0. The largest absolute Gasteiger partial charge is 0.352 e. The van der Waals surface area contributed by atoms with Gasteiger partial charge in [-0.1, -0.05) is 12.1 Å². The Bertz CT molecular complexity index is 896. The minimum atomic E-state index is -3.07. The van der Waals surface area contributed by atoms with Crippen molar-refractivity contribution in [2.75, 3.05) is 25.9 Å². The average Bonchev–Trinajstić information content (AvgIpc) is 3.13. The first-order valence-electron chi connectivity index (χ1n) is 8.44. The molecule has 0 saturated carbocycles. The summed E-state index contributed by atoms with van der Waals surface area (Å²) in [6.45, 7) is 4.99. The Morgan fingerprint density at radius 1 is 1.37 bits per heavy atom. The van der Waals surface area contributed by atoms with Gasteiger partial charge >= 0.3 is 0 Å². The van der Waals surface area contributed by atoms with Gasteiger partial charge in [-0.25, -0.2) is 18.1 Å². The molecule has 1 aliphatic rings. The number of aliphatic imine (C=N–C) groups is 1. The number of aromatic nitrogens is 3. The predicted molar refractivity (Wildman–Crippen MR) is 116 cm³/mol. The molecule has 1 N–H and O–H groups in total. The van der Waals surface area contributed by atoms with Crippen molar-refractivity contribution in [3.8, 4) is 5.69 Å². The van der Waals surface area contributed by atoms with Crippen LogP contribution in [-0.2, 0) is 16.4 Å². The van der Waals surface area contributed by atoms with Crippen molar-refractivity contribution >= 4 is 39.8 Å². The third kappa shape index (κ3) is 4.78. The number of halogens is 1. The van der Waals surface area contributed by atoms with Crippen LogP contribution in [0.5, 0.6) is 0 Å². The van der Waals surface area contributed by atoms with Gasteiger partial charge in [0, 0.05) is 26.7 Å². The molecule has 8 nitrogen and oxygen atoms in total. The number of hydrogen-bond donors (Lipinski definition) is 1. The first-order chi connectivity index (χ1) is 12.3. The van der Waals surface area contributed by atoms with Gasteiger partial charge in [0.05, 0.1) is 16.2 Å². The zero-order valence-electron chi connectivity index (χ0n) is 15.7. The molecule has 2 aromatic rings. The molecule has 1 aromatic carbocycles. The summed E-state index contributed by atoms with van der Waals surface area (Å²) in [6.07, 6.45) is 3.15. The van der Waals surface area contributed by atoms with E-state index in [4.69, 9.17) is 0 Å². The molecule has 1 aliphatic heterocycles. The number of benzene rings is 1. The predicted octanol–water partition coefficient (Wildman–Crippen LogP) is 1.47. The zero-order valence-corrected chi connectivity index (χ0v) is 18.8. The molecule has 27 heavy (non-hydrogen) atoms. The lowest BCUT2D eigenvalue weighted by Gasteiger charge is -2.39. The zero-order chi connectivity index (χ0) is 18.8. The van der Waals surface area contributed by atoms with Crippen LogP contribution in [0.2, 0.25) is 0 Å². The third-order valence-corrected chi connectivity index (χ3v) is 7.13. The van der Waals surface area contributed by atoms with Gasteiger partial charge in [-0.2, -0.15) is 5.10 Å². The second kappa shape index (κ2) is 8.55. The van der Waals surface area contributed by atoms with Crippen LogP contribution in [0.4, 0.5) is 0 Å². The average molecular weight is 504 g/mol. The van der Waals surface area contributed by atoms with E-state index in [1.54, 1.807) is 31.9 Å². The molecule has 0 unspecified atom stereocenters. The fourth-order valence-corrected chi connectivity index (χ4v) is 4.35. The minimum Gasteiger partial charge on any atom is -0.352 e. The number of nitrogens with one attached hydrogen (secondary N) is 1. The number of nitrogens with zero attached hydrogens (tertiary/aromatic N) is 5. The van der Waals surface area contributed by atoms with E-state index in [0.717, 1.165) is 11.3 Å². The number of hydrogen-bond acceptors (Lipinski definition) is 5. The summed E-state index contributed by atoms with van der Waals surface area (Å²) in [7, 11) is -1.36. The lowest BCUT2D eigenvalue weighted by Crippen LogP contribution is -2.57. The third-order valence-electron chi connectivity index (χ3n) is 4.60. The van der Waals surface area contributed by atoms with Crippen molar-refractivity contribution in [3.05, 3.63) is 42.5 Å². The Hall–Kier alpha value is -1.69. The van der Waals surface area contributed by atoms with Crippen molar-refractivity contribution in [1.29, 1.82) is 0 Å². The van der Waals surface area contributed by atoms with E-state index in [1.165, 1.54) is 6.33 Å². The summed E-state index contributed by atoms with van der Waals surface area (Å²) in [5, 5.41) is 7.47. The highest BCUT2D eigenvalue weighted by atomic mass is 127. The van der Waals surface area contributed by atoms with Gasteiger partial charge in [-0.3, -0.25) is 4.99 Å². The summed E-state index contributed by atoms with van der Waals surface area (Å²) in [5.41, 5.74) is 2.00. The van der Waals surface area contributed by atoms with Gasteiger partial charge in [0.25, 0.3) is 0 Å². The topological polar surface area (TPSA) is 92.5 Å². The summed E-state index contributed by atoms with van der Waals surface area (Å²) in [4.78, 5) is 10.3. The maximum Gasteiger partial charge on any atom is 0.193 e. The Morgan fingerprint density at radius 2 is 2.15 bits per heavy atom. The van der Waals surface area contributed by atoms with Crippen LogP contribution in [0.3, 0.4) is 0 Å². The molecule has 1 fully saturated rings. The second-order valence-corrected chi connectivity index (χ2v) is 9.65. The molecular weight excluding hydrogens is 479 g/mol. The Balaban J connectivity index is 0.00000261. The normalized spacial score (nSPS) is 18.6. The van der Waals surface area contributed by atoms with Crippen LogP contribution in [0.15, 0.2) is 41.9 Å². The number of sulfone groups is 1. The van der Waals surface area contributed by atoms with Gasteiger partial charge in [-0.15, -0.1) is 24.0 Å². The first kappa shape index (κ1) is 21.6. The second-order valence-electron chi connectivity index (χ2n) is 6.91. The molecule has 0 aliphatic carbocycles. The van der Waals surface area contributed by atoms with Gasteiger partial charge in [0.1, 0.15) is 12.7 Å². The maximum atomic E-state index is 12.2. The van der Waals surface area contributed by atoms with E-state index in [9.17, 15) is 8.42 Å². The van der Waals surface area contributed by atoms with Crippen molar-refractivity contribution < 1.29 is 8.42 Å². The van der Waals surface area contributed by atoms with Crippen molar-refractivity contribution in [2.45, 2.75) is 25.1 Å². The van der Waals surface area contributed by atoms with E-state index in [1.807, 2.05) is 29.2 Å². The van der Waals surface area contributed by atoms with Crippen LogP contribution < -0.4 is 5.32 Å². The van der Waals surface area contributed by atoms with Gasteiger partial charge in [0.15, 0.2) is 15.8 Å². The van der Waals surface area contributed by atoms with Crippen LogP contribution in [-0.4, -0.2) is 64.7 Å². The Kier molecular flexibility index (Phi) is 6.84. The SMILES string of the molecule is CN=C(NCc1cccc(-n2cncn2)c1)N1CCS(=O)(=O)C(C)(C)C1.I. The lowest BCUT2D eigenvalue weighted by atomic mass is 10.2.